The van der Waals surface area contributed by atoms with E-state index in [-0.39, 0.29) is 5.75 Å². The lowest BCUT2D eigenvalue weighted by Gasteiger charge is -1.99. The van der Waals surface area contributed by atoms with Gasteiger partial charge in [-0.05, 0) is 41.1 Å². The number of aromatic hydroxyl groups is 1. The molecule has 0 atom stereocenters. The maximum Gasteiger partial charge on any atom is 0.221 e. The number of nitrogens with zero attached hydrogens (tertiary/aromatic N) is 3. The van der Waals surface area contributed by atoms with Crippen LogP contribution in [0.25, 0.3) is 0 Å². The summed E-state index contributed by atoms with van der Waals surface area (Å²) in [5.41, 5.74) is 7.30. The van der Waals surface area contributed by atoms with Crippen LogP contribution in [-0.2, 0) is 0 Å². The topological polar surface area (TPSA) is 76.4 Å². The Labute approximate surface area is 107 Å². The lowest BCUT2D eigenvalue weighted by molar-refractivity contribution is 0.475. The van der Waals surface area contributed by atoms with Crippen molar-refractivity contribution >= 4 is 28.1 Å². The molecule has 0 radical (unpaired) electrons. The molecule has 6 heteroatoms. The van der Waals surface area contributed by atoms with Crippen molar-refractivity contribution in [3.8, 4) is 5.75 Å². The van der Waals surface area contributed by atoms with Gasteiger partial charge >= 0.3 is 0 Å². The average molecular weight is 295 g/mol. The smallest absolute Gasteiger partial charge is 0.221 e. The van der Waals surface area contributed by atoms with Crippen LogP contribution in [-0.4, -0.2) is 21.0 Å². The number of nitrogens with two attached hydrogens (primary N) is 1. The number of aryl methyl sites for hydroxylation is 1. The minimum absolute atomic E-state index is 0.201. The molecule has 1 aromatic heterocycles. The minimum atomic E-state index is 0.201. The monoisotopic (exact) mass is 294 g/mol. The fraction of sp³-hybridized carbons (Fsp3) is 0.0909. The number of halogens is 1. The molecular weight excluding hydrogens is 284 g/mol. The van der Waals surface area contributed by atoms with Gasteiger partial charge in [0.25, 0.3) is 0 Å². The molecule has 0 unspecified atom stereocenters. The van der Waals surface area contributed by atoms with E-state index in [4.69, 9.17) is 5.73 Å². The van der Waals surface area contributed by atoms with Crippen LogP contribution in [0.1, 0.15) is 11.3 Å². The third kappa shape index (κ3) is 2.65. The third-order valence-corrected chi connectivity index (χ3v) is 2.83. The average Bonchev–Trinajstić information content (AvgIpc) is 2.56. The second-order valence-corrected chi connectivity index (χ2v) is 4.39. The maximum atomic E-state index is 9.26. The van der Waals surface area contributed by atoms with Gasteiger partial charge in [-0.25, -0.2) is 9.66 Å². The molecule has 1 aromatic carbocycles. The van der Waals surface area contributed by atoms with Crippen molar-refractivity contribution in [2.75, 3.05) is 5.73 Å². The molecular formula is C11H11BrN4O. The number of hydrogen-bond acceptors (Lipinski definition) is 4. The Morgan fingerprint density at radius 1 is 1.53 bits per heavy atom. The molecule has 0 aliphatic rings. The number of imidazole rings is 1. The zero-order valence-electron chi connectivity index (χ0n) is 9.13. The summed E-state index contributed by atoms with van der Waals surface area (Å²) in [6, 6.07) is 4.95. The van der Waals surface area contributed by atoms with Crippen molar-refractivity contribution in [2.24, 2.45) is 5.10 Å². The molecule has 0 aliphatic heterocycles. The van der Waals surface area contributed by atoms with Crippen LogP contribution in [0, 0.1) is 6.92 Å². The predicted molar refractivity (Wildman–Crippen MR) is 70.2 cm³/mol. The molecule has 0 bridgehead atoms. The zero-order valence-corrected chi connectivity index (χ0v) is 10.7. The summed E-state index contributed by atoms with van der Waals surface area (Å²) in [4.78, 5) is 4.04. The van der Waals surface area contributed by atoms with Crippen molar-refractivity contribution in [3.63, 3.8) is 0 Å². The molecule has 0 spiro atoms. The van der Waals surface area contributed by atoms with E-state index in [0.717, 1.165) is 15.7 Å². The SMILES string of the molecule is Cc1cn(N=Cc2ccc(O)cc2Br)c(N)n1. The highest BCUT2D eigenvalue weighted by Gasteiger charge is 2.00. The fourth-order valence-electron chi connectivity index (χ4n) is 1.34. The van der Waals surface area contributed by atoms with Gasteiger partial charge in [0.15, 0.2) is 0 Å². The van der Waals surface area contributed by atoms with Crippen molar-refractivity contribution in [1.82, 2.24) is 9.66 Å². The molecule has 0 amide bonds. The van der Waals surface area contributed by atoms with E-state index in [1.165, 1.54) is 4.68 Å². The highest BCUT2D eigenvalue weighted by Crippen LogP contribution is 2.20. The maximum absolute atomic E-state index is 9.26. The lowest BCUT2D eigenvalue weighted by atomic mass is 10.2. The van der Waals surface area contributed by atoms with Gasteiger partial charge in [0.1, 0.15) is 5.75 Å². The molecule has 2 rings (SSSR count). The first-order valence-corrected chi connectivity index (χ1v) is 5.70. The number of phenols is 1. The number of benzene rings is 1. The van der Waals surface area contributed by atoms with Crippen LogP contribution in [0.2, 0.25) is 0 Å². The second-order valence-electron chi connectivity index (χ2n) is 3.54. The summed E-state index contributed by atoms with van der Waals surface area (Å²) in [5.74, 6) is 0.542. The molecule has 0 saturated heterocycles. The van der Waals surface area contributed by atoms with Crippen molar-refractivity contribution in [3.05, 3.63) is 40.1 Å². The fourth-order valence-corrected chi connectivity index (χ4v) is 1.81. The summed E-state index contributed by atoms with van der Waals surface area (Å²) in [6.45, 7) is 1.85. The van der Waals surface area contributed by atoms with Crippen molar-refractivity contribution in [1.29, 1.82) is 0 Å². The summed E-state index contributed by atoms with van der Waals surface area (Å²) in [7, 11) is 0. The second kappa shape index (κ2) is 4.58. The summed E-state index contributed by atoms with van der Waals surface area (Å²) in [5, 5.41) is 13.4. The van der Waals surface area contributed by atoms with Gasteiger partial charge in [-0.15, -0.1) is 0 Å². The van der Waals surface area contributed by atoms with Crippen LogP contribution >= 0.6 is 15.9 Å². The minimum Gasteiger partial charge on any atom is -0.508 e. The van der Waals surface area contributed by atoms with Crippen LogP contribution in [0.15, 0.2) is 34.0 Å². The van der Waals surface area contributed by atoms with E-state index in [1.807, 2.05) is 6.92 Å². The normalized spacial score (nSPS) is 11.2. The molecule has 5 nitrogen and oxygen atoms in total. The van der Waals surface area contributed by atoms with E-state index in [1.54, 1.807) is 30.6 Å². The van der Waals surface area contributed by atoms with Gasteiger partial charge in [0.2, 0.25) is 5.95 Å². The van der Waals surface area contributed by atoms with Gasteiger partial charge in [-0.3, -0.25) is 0 Å². The molecule has 2 aromatic rings. The van der Waals surface area contributed by atoms with Crippen LogP contribution in [0.3, 0.4) is 0 Å². The number of phenolic OH excluding ortho intramolecular Hbond substituents is 1. The number of nitrogen functional groups attached to an aromatic ring is 1. The first-order valence-electron chi connectivity index (χ1n) is 4.90. The largest absolute Gasteiger partial charge is 0.508 e. The quantitative estimate of drug-likeness (QED) is 0.833. The number of rotatable bonds is 2. The van der Waals surface area contributed by atoms with E-state index >= 15 is 0 Å². The van der Waals surface area contributed by atoms with Crippen LogP contribution in [0.5, 0.6) is 5.75 Å². The highest BCUT2D eigenvalue weighted by molar-refractivity contribution is 9.10. The van der Waals surface area contributed by atoms with E-state index < -0.39 is 0 Å². The summed E-state index contributed by atoms with van der Waals surface area (Å²) < 4.78 is 2.26. The Kier molecular flexibility index (Phi) is 3.14. The van der Waals surface area contributed by atoms with E-state index in [9.17, 15) is 5.11 Å². The third-order valence-electron chi connectivity index (χ3n) is 2.14. The molecule has 0 saturated carbocycles. The standard InChI is InChI=1S/C11H11BrN4O/c1-7-6-16(11(13)15-7)14-5-8-2-3-9(17)4-10(8)12/h2-6,17H,1H3,(H2,13,15). The molecule has 17 heavy (non-hydrogen) atoms. The lowest BCUT2D eigenvalue weighted by Crippen LogP contribution is -1.97. The number of anilines is 1. The Balaban J connectivity index is 2.29. The number of hydrogen-bond donors (Lipinski definition) is 2. The molecule has 88 valence electrons. The number of aromatic nitrogens is 2. The van der Waals surface area contributed by atoms with Gasteiger partial charge in [-0.1, -0.05) is 0 Å². The van der Waals surface area contributed by atoms with E-state index in [0.29, 0.717) is 5.95 Å². The molecule has 0 aliphatic carbocycles. The van der Waals surface area contributed by atoms with Gasteiger partial charge in [0, 0.05) is 10.0 Å². The Morgan fingerprint density at radius 3 is 2.88 bits per heavy atom. The first kappa shape index (κ1) is 11.7. The molecule has 0 fully saturated rings. The first-order chi connectivity index (χ1) is 8.06. The molecule has 3 N–H and O–H groups in total. The Hall–Kier alpha value is -1.82. The van der Waals surface area contributed by atoms with Gasteiger partial charge in [0.05, 0.1) is 18.1 Å². The molecule has 1 heterocycles. The van der Waals surface area contributed by atoms with E-state index in [2.05, 4.69) is 26.0 Å². The van der Waals surface area contributed by atoms with Crippen LogP contribution < -0.4 is 5.73 Å². The zero-order chi connectivity index (χ0) is 12.4. The summed E-state index contributed by atoms with van der Waals surface area (Å²) in [6.07, 6.45) is 3.38. The highest BCUT2D eigenvalue weighted by atomic mass is 79.9. The summed E-state index contributed by atoms with van der Waals surface area (Å²) >= 11 is 3.34. The Morgan fingerprint density at radius 2 is 2.29 bits per heavy atom. The van der Waals surface area contributed by atoms with Gasteiger partial charge < -0.3 is 10.8 Å². The van der Waals surface area contributed by atoms with Crippen molar-refractivity contribution < 1.29 is 5.11 Å². The predicted octanol–water partition coefficient (Wildman–Crippen LogP) is 2.12. The van der Waals surface area contributed by atoms with Crippen LogP contribution in [0.4, 0.5) is 5.95 Å². The Bertz CT molecular complexity index is 577. The van der Waals surface area contributed by atoms with Crippen molar-refractivity contribution in [2.45, 2.75) is 6.92 Å². The van der Waals surface area contributed by atoms with Gasteiger partial charge in [-0.2, -0.15) is 5.10 Å².